The lowest BCUT2D eigenvalue weighted by molar-refractivity contribution is 0.545. The zero-order valence-corrected chi connectivity index (χ0v) is 18.1. The largest absolute Gasteiger partial charge is 0.438 e. The first-order valence-electron chi connectivity index (χ1n) is 10.4. The molecule has 0 spiro atoms. The minimum atomic E-state index is 0.427. The van der Waals surface area contributed by atoms with Crippen LogP contribution in [0.3, 0.4) is 0 Å². The number of imidazole rings is 1. The van der Waals surface area contributed by atoms with E-state index in [1.165, 1.54) is 0 Å². The van der Waals surface area contributed by atoms with Crippen molar-refractivity contribution < 1.29 is 4.42 Å². The van der Waals surface area contributed by atoms with Gasteiger partial charge in [0, 0.05) is 23.0 Å². The minimum absolute atomic E-state index is 0.427. The Morgan fingerprint density at radius 3 is 2.52 bits per heavy atom. The number of allylic oxidation sites excluding steroid dienone is 1. The average Bonchev–Trinajstić information content (AvgIpc) is 3.53. The number of rotatable bonds is 4. The number of furan rings is 1. The van der Waals surface area contributed by atoms with Crippen molar-refractivity contribution in [3.05, 3.63) is 95.1 Å². The number of para-hydroxylation sites is 2. The summed E-state index contributed by atoms with van der Waals surface area (Å²) in [5, 5.41) is 19.6. The summed E-state index contributed by atoms with van der Waals surface area (Å²) in [7, 11) is 0. The van der Waals surface area contributed by atoms with Crippen LogP contribution in [0.15, 0.2) is 71.1 Å². The summed E-state index contributed by atoms with van der Waals surface area (Å²) in [5.41, 5.74) is 6.07. The maximum atomic E-state index is 9.81. The highest BCUT2D eigenvalue weighted by Gasteiger charge is 2.19. The molecule has 0 radical (unpaired) electrons. The molecule has 5 aromatic rings. The molecule has 0 aliphatic carbocycles. The second kappa shape index (κ2) is 8.03. The van der Waals surface area contributed by atoms with Crippen molar-refractivity contribution in [1.82, 2.24) is 14.5 Å². The number of hydrogen-bond donors (Lipinski definition) is 1. The molecule has 158 valence electrons. The molecule has 6 nitrogen and oxygen atoms in total. The molecule has 0 atom stereocenters. The first-order valence-corrected chi connectivity index (χ1v) is 10.4. The Morgan fingerprint density at radius 1 is 1.03 bits per heavy atom. The van der Waals surface area contributed by atoms with E-state index in [2.05, 4.69) is 22.1 Å². The standard InChI is InChI=1S/C27H19N5O/c1-17-12-20(13-21(15-28)26-30-23-10-6-7-11-24(23)31-26)18(2)32(17)27-22(16-29)14-25(33-27)19-8-4-3-5-9-19/h3-14H,1-2H3,(H,30,31)/b21-13+. The van der Waals surface area contributed by atoms with Crippen LogP contribution in [-0.4, -0.2) is 14.5 Å². The van der Waals surface area contributed by atoms with Crippen LogP contribution >= 0.6 is 0 Å². The van der Waals surface area contributed by atoms with Gasteiger partial charge in [0.1, 0.15) is 29.3 Å². The number of H-pyrrole nitrogens is 1. The lowest BCUT2D eigenvalue weighted by Crippen LogP contribution is -1.99. The van der Waals surface area contributed by atoms with Crippen LogP contribution < -0.4 is 0 Å². The normalized spacial score (nSPS) is 11.5. The fraction of sp³-hybridized carbons (Fsp3) is 0.0741. The molecular weight excluding hydrogens is 410 g/mol. The van der Waals surface area contributed by atoms with Crippen LogP contribution in [0.4, 0.5) is 0 Å². The molecule has 0 amide bonds. The Labute approximate surface area is 190 Å². The van der Waals surface area contributed by atoms with E-state index in [1.54, 1.807) is 6.07 Å². The van der Waals surface area contributed by atoms with Crippen molar-refractivity contribution in [3.8, 4) is 29.3 Å². The van der Waals surface area contributed by atoms with Gasteiger partial charge in [0.2, 0.25) is 5.88 Å². The number of aromatic amines is 1. The highest BCUT2D eigenvalue weighted by Crippen LogP contribution is 2.32. The number of hydrogen-bond acceptors (Lipinski definition) is 4. The summed E-state index contributed by atoms with van der Waals surface area (Å²) in [5.74, 6) is 1.62. The van der Waals surface area contributed by atoms with Crippen LogP contribution in [0.1, 0.15) is 28.3 Å². The smallest absolute Gasteiger partial charge is 0.222 e. The lowest BCUT2D eigenvalue weighted by atomic mass is 10.1. The van der Waals surface area contributed by atoms with Crippen LogP contribution in [0.5, 0.6) is 0 Å². The molecular formula is C27H19N5O. The molecule has 3 aromatic heterocycles. The maximum Gasteiger partial charge on any atom is 0.222 e. The van der Waals surface area contributed by atoms with Gasteiger partial charge in [-0.05, 0) is 43.7 Å². The van der Waals surface area contributed by atoms with Crippen molar-refractivity contribution in [2.75, 3.05) is 0 Å². The van der Waals surface area contributed by atoms with E-state index in [-0.39, 0.29) is 0 Å². The second-order valence-electron chi connectivity index (χ2n) is 7.74. The number of fused-ring (bicyclic) bond motifs is 1. The van der Waals surface area contributed by atoms with E-state index in [4.69, 9.17) is 4.42 Å². The van der Waals surface area contributed by atoms with Gasteiger partial charge in [-0.25, -0.2) is 4.98 Å². The maximum absolute atomic E-state index is 9.81. The van der Waals surface area contributed by atoms with Gasteiger partial charge in [-0.1, -0.05) is 42.5 Å². The van der Waals surface area contributed by atoms with Crippen molar-refractivity contribution >= 4 is 22.7 Å². The SMILES string of the molecule is Cc1cc(/C=C(\C#N)c2nc3ccccc3[nH]2)c(C)n1-c1oc(-c2ccccc2)cc1C#N. The average molecular weight is 429 g/mol. The van der Waals surface area contributed by atoms with Gasteiger partial charge in [-0.2, -0.15) is 10.5 Å². The molecule has 0 bridgehead atoms. The molecule has 6 heteroatoms. The number of aromatic nitrogens is 3. The molecule has 0 fully saturated rings. The predicted octanol–water partition coefficient (Wildman–Crippen LogP) is 6.17. The number of nitriles is 2. The molecule has 0 unspecified atom stereocenters. The summed E-state index contributed by atoms with van der Waals surface area (Å²) in [6, 6.07) is 25.6. The zero-order chi connectivity index (χ0) is 22.9. The van der Waals surface area contributed by atoms with E-state index in [1.807, 2.05) is 85.2 Å². The highest BCUT2D eigenvalue weighted by atomic mass is 16.4. The third-order valence-corrected chi connectivity index (χ3v) is 5.63. The minimum Gasteiger partial charge on any atom is -0.438 e. The summed E-state index contributed by atoms with van der Waals surface area (Å²) in [6.07, 6.45) is 1.81. The molecule has 33 heavy (non-hydrogen) atoms. The van der Waals surface area contributed by atoms with E-state index in [9.17, 15) is 10.5 Å². The third-order valence-electron chi connectivity index (χ3n) is 5.63. The van der Waals surface area contributed by atoms with Crippen molar-refractivity contribution in [1.29, 1.82) is 10.5 Å². The third kappa shape index (κ3) is 3.50. The Morgan fingerprint density at radius 2 is 1.79 bits per heavy atom. The van der Waals surface area contributed by atoms with Gasteiger partial charge < -0.3 is 9.40 Å². The molecule has 0 aliphatic rings. The number of aryl methyl sites for hydroxylation is 1. The molecule has 0 saturated carbocycles. The van der Waals surface area contributed by atoms with Gasteiger partial charge in [0.05, 0.1) is 16.6 Å². The summed E-state index contributed by atoms with van der Waals surface area (Å²) in [4.78, 5) is 7.76. The summed E-state index contributed by atoms with van der Waals surface area (Å²) in [6.45, 7) is 3.89. The van der Waals surface area contributed by atoms with Crippen molar-refractivity contribution in [3.63, 3.8) is 0 Å². The van der Waals surface area contributed by atoms with E-state index in [0.717, 1.165) is 33.5 Å². The van der Waals surface area contributed by atoms with Crippen LogP contribution in [-0.2, 0) is 0 Å². The molecule has 3 heterocycles. The van der Waals surface area contributed by atoms with Gasteiger partial charge in [-0.3, -0.25) is 4.57 Å². The molecule has 5 rings (SSSR count). The molecule has 1 N–H and O–H groups in total. The lowest BCUT2D eigenvalue weighted by Gasteiger charge is -2.06. The number of nitrogens with one attached hydrogen (secondary N) is 1. The van der Waals surface area contributed by atoms with E-state index >= 15 is 0 Å². The monoisotopic (exact) mass is 429 g/mol. The number of benzene rings is 2. The quantitative estimate of drug-likeness (QED) is 0.346. The summed E-state index contributed by atoms with van der Waals surface area (Å²) < 4.78 is 8.05. The Balaban J connectivity index is 1.60. The zero-order valence-electron chi connectivity index (χ0n) is 18.1. The van der Waals surface area contributed by atoms with E-state index in [0.29, 0.717) is 28.6 Å². The van der Waals surface area contributed by atoms with Gasteiger partial charge in [-0.15, -0.1) is 0 Å². The molecule has 2 aromatic carbocycles. The van der Waals surface area contributed by atoms with E-state index < -0.39 is 0 Å². The topological polar surface area (TPSA) is 94.3 Å². The number of nitrogens with zero attached hydrogens (tertiary/aromatic N) is 4. The summed E-state index contributed by atoms with van der Waals surface area (Å²) >= 11 is 0. The second-order valence-corrected chi connectivity index (χ2v) is 7.74. The molecule has 0 saturated heterocycles. The highest BCUT2D eigenvalue weighted by molar-refractivity contribution is 5.90. The van der Waals surface area contributed by atoms with Gasteiger partial charge in [0.15, 0.2) is 0 Å². The van der Waals surface area contributed by atoms with Crippen LogP contribution in [0.25, 0.3) is 39.9 Å². The predicted molar refractivity (Wildman–Crippen MR) is 127 cm³/mol. The first kappa shape index (κ1) is 20.1. The van der Waals surface area contributed by atoms with Gasteiger partial charge in [0.25, 0.3) is 0 Å². The van der Waals surface area contributed by atoms with Crippen LogP contribution in [0, 0.1) is 36.5 Å². The van der Waals surface area contributed by atoms with Crippen molar-refractivity contribution in [2.24, 2.45) is 0 Å². The Hall–Kier alpha value is -4.81. The fourth-order valence-electron chi connectivity index (χ4n) is 4.01. The Kier molecular flexibility index (Phi) is 4.89. The Bertz CT molecular complexity index is 1570. The molecule has 0 aliphatic heterocycles. The van der Waals surface area contributed by atoms with Crippen molar-refractivity contribution in [2.45, 2.75) is 13.8 Å². The fourth-order valence-corrected chi connectivity index (χ4v) is 4.01. The van der Waals surface area contributed by atoms with Crippen LogP contribution in [0.2, 0.25) is 0 Å². The first-order chi connectivity index (χ1) is 16.1. The van der Waals surface area contributed by atoms with Gasteiger partial charge >= 0.3 is 0 Å².